The molecule has 0 saturated heterocycles. The highest BCUT2D eigenvalue weighted by Crippen LogP contribution is 2.32. The Bertz CT molecular complexity index is 447. The van der Waals surface area contributed by atoms with Crippen molar-refractivity contribution in [3.05, 3.63) is 31.7 Å². The molecule has 0 atom stereocenters. The van der Waals surface area contributed by atoms with Gasteiger partial charge < -0.3 is 0 Å². The van der Waals surface area contributed by atoms with Crippen LogP contribution >= 0.6 is 45.5 Å². The minimum Gasteiger partial charge on any atom is -0.123 e. The molecule has 0 bridgehead atoms. The fourth-order valence-corrected chi connectivity index (χ4v) is 3.41. The van der Waals surface area contributed by atoms with Crippen molar-refractivity contribution < 1.29 is 0 Å². The van der Waals surface area contributed by atoms with E-state index < -0.39 is 0 Å². The quantitative estimate of drug-likeness (QED) is 0.666. The molecule has 0 saturated carbocycles. The molecule has 0 aliphatic heterocycles. The maximum absolute atomic E-state index is 5.95. The van der Waals surface area contributed by atoms with Crippen LogP contribution < -0.4 is 0 Å². The maximum Gasteiger partial charge on any atom is 0.0940 e. The standard InChI is InChI=1S/C10H8ClIS/c1-2-6-4-9-7(3-8(6)12)5-10(11)13-9/h3-5H,2H2,1H3. The van der Waals surface area contributed by atoms with Gasteiger partial charge in [-0.2, -0.15) is 0 Å². The lowest BCUT2D eigenvalue weighted by molar-refractivity contribution is 1.13. The molecule has 1 aromatic heterocycles. The van der Waals surface area contributed by atoms with Crippen LogP contribution in [0, 0.1) is 3.57 Å². The summed E-state index contributed by atoms with van der Waals surface area (Å²) in [7, 11) is 0. The van der Waals surface area contributed by atoms with E-state index in [2.05, 4.69) is 41.6 Å². The Morgan fingerprint density at radius 2 is 2.15 bits per heavy atom. The summed E-state index contributed by atoms with van der Waals surface area (Å²) in [5.74, 6) is 0. The minimum absolute atomic E-state index is 0.874. The summed E-state index contributed by atoms with van der Waals surface area (Å²) in [6, 6.07) is 6.48. The predicted molar refractivity (Wildman–Crippen MR) is 68.9 cm³/mol. The molecule has 0 amide bonds. The highest BCUT2D eigenvalue weighted by atomic mass is 127. The van der Waals surface area contributed by atoms with Crippen LogP contribution in [0.5, 0.6) is 0 Å². The highest BCUT2D eigenvalue weighted by molar-refractivity contribution is 14.1. The van der Waals surface area contributed by atoms with Crippen molar-refractivity contribution in [1.29, 1.82) is 0 Å². The summed E-state index contributed by atoms with van der Waals surface area (Å²) in [4.78, 5) is 0. The van der Waals surface area contributed by atoms with Gasteiger partial charge in [0.15, 0.2) is 0 Å². The van der Waals surface area contributed by atoms with Gasteiger partial charge in [0.25, 0.3) is 0 Å². The molecule has 13 heavy (non-hydrogen) atoms. The fraction of sp³-hybridized carbons (Fsp3) is 0.200. The molecule has 2 rings (SSSR count). The van der Waals surface area contributed by atoms with Crippen molar-refractivity contribution in [1.82, 2.24) is 0 Å². The predicted octanol–water partition coefficient (Wildman–Crippen LogP) is 4.72. The van der Waals surface area contributed by atoms with Crippen LogP contribution in [0.4, 0.5) is 0 Å². The van der Waals surface area contributed by atoms with Gasteiger partial charge in [-0.15, -0.1) is 11.3 Å². The zero-order chi connectivity index (χ0) is 9.42. The van der Waals surface area contributed by atoms with Crippen molar-refractivity contribution >= 4 is 55.6 Å². The van der Waals surface area contributed by atoms with Crippen LogP contribution in [0.15, 0.2) is 18.2 Å². The lowest BCUT2D eigenvalue weighted by Gasteiger charge is -2.00. The molecule has 0 fully saturated rings. The fourth-order valence-electron chi connectivity index (χ4n) is 1.34. The molecule has 2 aromatic rings. The van der Waals surface area contributed by atoms with E-state index >= 15 is 0 Å². The largest absolute Gasteiger partial charge is 0.123 e. The first-order chi connectivity index (χ1) is 6.20. The number of rotatable bonds is 1. The third-order valence-electron chi connectivity index (χ3n) is 2.04. The van der Waals surface area contributed by atoms with E-state index in [1.165, 1.54) is 19.2 Å². The summed E-state index contributed by atoms with van der Waals surface area (Å²) in [5.41, 5.74) is 1.41. The molecule has 1 aromatic carbocycles. The summed E-state index contributed by atoms with van der Waals surface area (Å²) >= 11 is 9.98. The monoisotopic (exact) mass is 322 g/mol. The normalized spacial score (nSPS) is 11.0. The van der Waals surface area contributed by atoms with E-state index in [-0.39, 0.29) is 0 Å². The van der Waals surface area contributed by atoms with Gasteiger partial charge in [0.2, 0.25) is 0 Å². The van der Waals surface area contributed by atoms with Gasteiger partial charge in [0.05, 0.1) is 4.34 Å². The molecule has 68 valence electrons. The Balaban J connectivity index is 2.72. The second-order valence-corrected chi connectivity index (χ2v) is 5.76. The number of thiophene rings is 1. The maximum atomic E-state index is 5.95. The third kappa shape index (κ3) is 1.85. The zero-order valence-corrected chi connectivity index (χ0v) is 10.8. The topological polar surface area (TPSA) is 0 Å². The molecule has 0 aliphatic carbocycles. The SMILES string of the molecule is CCc1cc2sc(Cl)cc2cc1I. The van der Waals surface area contributed by atoms with Crippen LogP contribution in [0.3, 0.4) is 0 Å². The van der Waals surface area contributed by atoms with Gasteiger partial charge >= 0.3 is 0 Å². The Morgan fingerprint density at radius 1 is 1.38 bits per heavy atom. The molecule has 0 nitrogen and oxygen atoms in total. The molecular weight excluding hydrogens is 315 g/mol. The molecule has 0 unspecified atom stereocenters. The molecule has 0 radical (unpaired) electrons. The molecular formula is C10H8ClIS. The summed E-state index contributed by atoms with van der Waals surface area (Å²) in [5, 5.41) is 1.26. The van der Waals surface area contributed by atoms with Crippen molar-refractivity contribution in [3.8, 4) is 0 Å². The van der Waals surface area contributed by atoms with Crippen molar-refractivity contribution in [3.63, 3.8) is 0 Å². The summed E-state index contributed by atoms with van der Waals surface area (Å²) < 4.78 is 3.50. The van der Waals surface area contributed by atoms with Crippen LogP contribution in [0.2, 0.25) is 4.34 Å². The second-order valence-electron chi connectivity index (χ2n) is 2.89. The van der Waals surface area contributed by atoms with E-state index in [0.29, 0.717) is 0 Å². The van der Waals surface area contributed by atoms with E-state index in [1.54, 1.807) is 11.3 Å². The third-order valence-corrected chi connectivity index (χ3v) is 4.27. The van der Waals surface area contributed by atoms with E-state index in [9.17, 15) is 0 Å². The second kappa shape index (κ2) is 3.75. The molecule has 3 heteroatoms. The van der Waals surface area contributed by atoms with Gasteiger partial charge in [-0.3, -0.25) is 0 Å². The average Bonchev–Trinajstić information content (AvgIpc) is 2.42. The van der Waals surface area contributed by atoms with Crippen molar-refractivity contribution in [2.75, 3.05) is 0 Å². The number of benzene rings is 1. The van der Waals surface area contributed by atoms with Gasteiger partial charge in [0.1, 0.15) is 0 Å². The lowest BCUT2D eigenvalue weighted by atomic mass is 10.1. The number of hydrogen-bond donors (Lipinski definition) is 0. The average molecular weight is 323 g/mol. The van der Waals surface area contributed by atoms with E-state index in [0.717, 1.165) is 10.8 Å². The first-order valence-corrected chi connectivity index (χ1v) is 6.35. The van der Waals surface area contributed by atoms with Crippen LogP contribution in [-0.4, -0.2) is 0 Å². The Morgan fingerprint density at radius 3 is 2.85 bits per heavy atom. The summed E-state index contributed by atoms with van der Waals surface area (Å²) in [6.07, 6.45) is 1.09. The molecule has 0 spiro atoms. The number of fused-ring (bicyclic) bond motifs is 1. The Labute approximate surface area is 100 Å². The molecule has 0 aliphatic rings. The first-order valence-electron chi connectivity index (χ1n) is 4.08. The minimum atomic E-state index is 0.874. The molecule has 1 heterocycles. The number of halogens is 2. The van der Waals surface area contributed by atoms with Crippen LogP contribution in [0.25, 0.3) is 10.1 Å². The zero-order valence-electron chi connectivity index (χ0n) is 7.10. The Hall–Kier alpha value is 0.200. The van der Waals surface area contributed by atoms with E-state index in [1.807, 2.05) is 6.07 Å². The Kier molecular flexibility index (Phi) is 2.81. The van der Waals surface area contributed by atoms with E-state index in [4.69, 9.17) is 11.6 Å². The van der Waals surface area contributed by atoms with Gasteiger partial charge in [-0.1, -0.05) is 18.5 Å². The van der Waals surface area contributed by atoms with Gasteiger partial charge in [-0.25, -0.2) is 0 Å². The first kappa shape index (κ1) is 9.74. The van der Waals surface area contributed by atoms with Crippen molar-refractivity contribution in [2.24, 2.45) is 0 Å². The number of hydrogen-bond acceptors (Lipinski definition) is 1. The van der Waals surface area contributed by atoms with Crippen molar-refractivity contribution in [2.45, 2.75) is 13.3 Å². The van der Waals surface area contributed by atoms with Gasteiger partial charge in [0, 0.05) is 8.27 Å². The van der Waals surface area contributed by atoms with Crippen LogP contribution in [-0.2, 0) is 6.42 Å². The lowest BCUT2D eigenvalue weighted by Crippen LogP contribution is -1.83. The highest BCUT2D eigenvalue weighted by Gasteiger charge is 2.04. The molecule has 0 N–H and O–H groups in total. The van der Waals surface area contributed by atoms with Gasteiger partial charge in [-0.05, 0) is 58.2 Å². The smallest absolute Gasteiger partial charge is 0.0940 e. The van der Waals surface area contributed by atoms with Crippen LogP contribution in [0.1, 0.15) is 12.5 Å². The summed E-state index contributed by atoms with van der Waals surface area (Å²) in [6.45, 7) is 2.18. The number of aryl methyl sites for hydroxylation is 1.